The molecule has 2 aromatic rings. The fourth-order valence-electron chi connectivity index (χ4n) is 1.39. The minimum atomic E-state index is -4.62. The summed E-state index contributed by atoms with van der Waals surface area (Å²) in [5, 5.41) is 3.29. The first kappa shape index (κ1) is 15.0. The van der Waals surface area contributed by atoms with Crippen molar-refractivity contribution >= 4 is 21.4 Å². The predicted octanol–water partition coefficient (Wildman–Crippen LogP) is 2.72. The van der Waals surface area contributed by atoms with Crippen molar-refractivity contribution in [3.8, 4) is 10.6 Å². The van der Waals surface area contributed by atoms with Gasteiger partial charge in [0.1, 0.15) is 9.90 Å². The first-order valence-electron chi connectivity index (χ1n) is 5.38. The fraction of sp³-hybridized carbons (Fsp3) is 0.300. The summed E-state index contributed by atoms with van der Waals surface area (Å²) in [5.74, 6) is -1.23. The molecule has 0 saturated heterocycles. The minimum Gasteiger partial charge on any atom is -0.351 e. The van der Waals surface area contributed by atoms with Crippen molar-refractivity contribution in [3.63, 3.8) is 0 Å². The zero-order valence-corrected chi connectivity index (χ0v) is 11.7. The van der Waals surface area contributed by atoms with Crippen molar-refractivity contribution in [1.82, 2.24) is 9.88 Å². The van der Waals surface area contributed by atoms with Crippen LogP contribution < -0.4 is 4.72 Å². The highest BCUT2D eigenvalue weighted by Gasteiger charge is 2.36. The first-order chi connectivity index (χ1) is 9.24. The first-order valence-corrected chi connectivity index (χ1v) is 7.68. The molecule has 0 saturated carbocycles. The van der Waals surface area contributed by atoms with Gasteiger partial charge in [0.2, 0.25) is 15.8 Å². The van der Waals surface area contributed by atoms with Gasteiger partial charge in [0.25, 0.3) is 0 Å². The van der Waals surface area contributed by atoms with Crippen molar-refractivity contribution in [3.05, 3.63) is 24.0 Å². The summed E-state index contributed by atoms with van der Waals surface area (Å²) in [6.45, 7) is 1.84. The van der Waals surface area contributed by atoms with E-state index >= 15 is 0 Å². The van der Waals surface area contributed by atoms with E-state index in [0.717, 1.165) is 17.4 Å². The van der Waals surface area contributed by atoms with Crippen LogP contribution in [0.15, 0.2) is 26.9 Å². The number of hydrogen-bond donors (Lipinski definition) is 1. The predicted molar refractivity (Wildman–Crippen MR) is 65.7 cm³/mol. The molecule has 0 atom stereocenters. The molecule has 5 nitrogen and oxygen atoms in total. The van der Waals surface area contributed by atoms with E-state index < -0.39 is 22.0 Å². The summed E-state index contributed by atoms with van der Waals surface area (Å²) in [7, 11) is -3.63. The molecular weight excluding hydrogens is 317 g/mol. The van der Waals surface area contributed by atoms with Gasteiger partial charge < -0.3 is 4.52 Å². The molecule has 2 aromatic heterocycles. The smallest absolute Gasteiger partial charge is 0.351 e. The van der Waals surface area contributed by atoms with Crippen molar-refractivity contribution < 1.29 is 26.1 Å². The van der Waals surface area contributed by atoms with E-state index in [2.05, 4.69) is 14.4 Å². The number of rotatable bonds is 4. The van der Waals surface area contributed by atoms with Gasteiger partial charge in [-0.3, -0.25) is 0 Å². The molecule has 0 aliphatic heterocycles. The highest BCUT2D eigenvalue weighted by atomic mass is 32.2. The SMILES string of the molecule is CCNS(=O)(=O)c1ccc(-c2cc(C(F)(F)F)on2)s1. The van der Waals surface area contributed by atoms with Gasteiger partial charge in [-0.2, -0.15) is 13.2 Å². The van der Waals surface area contributed by atoms with Crippen LogP contribution in [-0.4, -0.2) is 20.1 Å². The van der Waals surface area contributed by atoms with E-state index in [1.165, 1.54) is 12.1 Å². The van der Waals surface area contributed by atoms with Crippen LogP contribution in [0, 0.1) is 0 Å². The van der Waals surface area contributed by atoms with Crippen molar-refractivity contribution in [1.29, 1.82) is 0 Å². The summed E-state index contributed by atoms with van der Waals surface area (Å²) in [6, 6.07) is 3.42. The number of aromatic nitrogens is 1. The van der Waals surface area contributed by atoms with Gasteiger partial charge in [-0.1, -0.05) is 12.1 Å². The maximum atomic E-state index is 12.4. The molecule has 1 N–H and O–H groups in total. The van der Waals surface area contributed by atoms with Gasteiger partial charge in [-0.05, 0) is 12.1 Å². The number of nitrogens with zero attached hydrogens (tertiary/aromatic N) is 1. The molecule has 0 unspecified atom stereocenters. The van der Waals surface area contributed by atoms with Crippen LogP contribution in [0.25, 0.3) is 10.6 Å². The van der Waals surface area contributed by atoms with E-state index in [1.807, 2.05) is 0 Å². The molecule has 20 heavy (non-hydrogen) atoms. The van der Waals surface area contributed by atoms with Crippen LogP contribution in [0.2, 0.25) is 0 Å². The Morgan fingerprint density at radius 1 is 1.40 bits per heavy atom. The monoisotopic (exact) mass is 326 g/mol. The average molecular weight is 326 g/mol. The van der Waals surface area contributed by atoms with Crippen LogP contribution >= 0.6 is 11.3 Å². The third kappa shape index (κ3) is 3.02. The lowest BCUT2D eigenvalue weighted by Crippen LogP contribution is -2.22. The Morgan fingerprint density at radius 2 is 2.10 bits per heavy atom. The Labute approximate surface area is 116 Å². The second kappa shape index (κ2) is 5.19. The largest absolute Gasteiger partial charge is 0.452 e. The molecule has 0 aliphatic carbocycles. The summed E-state index contributed by atoms with van der Waals surface area (Å²) in [6.07, 6.45) is -4.62. The summed E-state index contributed by atoms with van der Waals surface area (Å²) in [5.41, 5.74) is -0.0553. The van der Waals surface area contributed by atoms with E-state index in [9.17, 15) is 21.6 Å². The standard InChI is InChI=1S/C10H9F3N2O3S2/c1-2-14-20(16,17)9-4-3-7(19-9)6-5-8(18-15-6)10(11,12)13/h3-5,14H,2H2,1H3. The zero-order chi connectivity index (χ0) is 15.0. The van der Waals surface area contributed by atoms with E-state index in [0.29, 0.717) is 0 Å². The van der Waals surface area contributed by atoms with Crippen LogP contribution in [-0.2, 0) is 16.2 Å². The molecular formula is C10H9F3N2O3S2. The Morgan fingerprint density at radius 3 is 2.65 bits per heavy atom. The number of nitrogens with one attached hydrogen (secondary N) is 1. The number of hydrogen-bond acceptors (Lipinski definition) is 5. The number of sulfonamides is 1. The van der Waals surface area contributed by atoms with Gasteiger partial charge in [-0.25, -0.2) is 13.1 Å². The second-order valence-corrected chi connectivity index (χ2v) is 6.77. The Hall–Kier alpha value is -1.39. The quantitative estimate of drug-likeness (QED) is 0.938. The lowest BCUT2D eigenvalue weighted by atomic mass is 10.3. The fourth-order valence-corrected chi connectivity index (χ4v) is 3.73. The number of thiophene rings is 1. The Balaban J connectivity index is 2.32. The Bertz CT molecular complexity index is 703. The number of halogens is 3. The van der Waals surface area contributed by atoms with Crippen molar-refractivity contribution in [2.45, 2.75) is 17.3 Å². The van der Waals surface area contributed by atoms with Gasteiger partial charge >= 0.3 is 6.18 Å². The van der Waals surface area contributed by atoms with Crippen LogP contribution in [0.1, 0.15) is 12.7 Å². The van der Waals surface area contributed by atoms with E-state index in [4.69, 9.17) is 0 Å². The average Bonchev–Trinajstić information content (AvgIpc) is 2.97. The summed E-state index contributed by atoms with van der Waals surface area (Å²) >= 11 is 0.817. The zero-order valence-electron chi connectivity index (χ0n) is 10.1. The van der Waals surface area contributed by atoms with E-state index in [1.54, 1.807) is 6.92 Å². The van der Waals surface area contributed by atoms with Gasteiger partial charge in [-0.15, -0.1) is 11.3 Å². The summed E-state index contributed by atoms with van der Waals surface area (Å²) < 4.78 is 67.0. The molecule has 0 fully saturated rings. The van der Waals surface area contributed by atoms with Gasteiger partial charge in [0.15, 0.2) is 0 Å². The van der Waals surface area contributed by atoms with Crippen LogP contribution in [0.5, 0.6) is 0 Å². The molecule has 0 radical (unpaired) electrons. The summed E-state index contributed by atoms with van der Waals surface area (Å²) in [4.78, 5) is 0.278. The molecule has 0 bridgehead atoms. The lowest BCUT2D eigenvalue weighted by molar-refractivity contribution is -0.155. The molecule has 2 rings (SSSR count). The normalized spacial score (nSPS) is 12.8. The minimum absolute atomic E-state index is 0.00547. The third-order valence-corrected chi connectivity index (χ3v) is 5.37. The molecule has 2 heterocycles. The topological polar surface area (TPSA) is 72.2 Å². The number of alkyl halides is 3. The third-order valence-electron chi connectivity index (χ3n) is 2.22. The second-order valence-electron chi connectivity index (χ2n) is 3.69. The molecule has 0 aromatic carbocycles. The molecule has 10 heteroatoms. The highest BCUT2D eigenvalue weighted by molar-refractivity contribution is 7.91. The van der Waals surface area contributed by atoms with Crippen molar-refractivity contribution in [2.24, 2.45) is 0 Å². The van der Waals surface area contributed by atoms with Gasteiger partial charge in [0, 0.05) is 12.6 Å². The molecule has 0 aliphatic rings. The molecule has 110 valence electrons. The van der Waals surface area contributed by atoms with Crippen molar-refractivity contribution in [2.75, 3.05) is 6.54 Å². The lowest BCUT2D eigenvalue weighted by Gasteiger charge is -1.99. The van der Waals surface area contributed by atoms with Crippen LogP contribution in [0.3, 0.4) is 0 Å². The molecule has 0 amide bonds. The van der Waals surface area contributed by atoms with Gasteiger partial charge in [0.05, 0.1) is 4.88 Å². The maximum Gasteiger partial charge on any atom is 0.452 e. The van der Waals surface area contributed by atoms with E-state index in [-0.39, 0.29) is 21.3 Å². The Kier molecular flexibility index (Phi) is 3.89. The maximum absolute atomic E-state index is 12.4. The highest BCUT2D eigenvalue weighted by Crippen LogP contribution is 2.35. The van der Waals surface area contributed by atoms with Crippen LogP contribution in [0.4, 0.5) is 13.2 Å². The molecule has 0 spiro atoms.